The summed E-state index contributed by atoms with van der Waals surface area (Å²) in [6, 6.07) is 1.94. The first-order valence-corrected chi connectivity index (χ1v) is 6.68. The summed E-state index contributed by atoms with van der Waals surface area (Å²) < 4.78 is 4.73. The third-order valence-corrected chi connectivity index (χ3v) is 3.64. The predicted molar refractivity (Wildman–Crippen MR) is 70.2 cm³/mol. The number of rotatable bonds is 2. The molecule has 0 radical (unpaired) electrons. The quantitative estimate of drug-likeness (QED) is 0.802. The molecular formula is C13H18N4O2. The molecule has 0 bridgehead atoms. The third-order valence-electron chi connectivity index (χ3n) is 3.64. The fourth-order valence-electron chi connectivity index (χ4n) is 2.33. The van der Waals surface area contributed by atoms with Crippen molar-refractivity contribution < 1.29 is 9.53 Å². The summed E-state index contributed by atoms with van der Waals surface area (Å²) in [6.45, 7) is 2.93. The molecule has 1 amide bonds. The Labute approximate surface area is 112 Å². The van der Waals surface area contributed by atoms with Gasteiger partial charge in [0.25, 0.3) is 0 Å². The van der Waals surface area contributed by atoms with Crippen molar-refractivity contribution in [3.8, 4) is 0 Å². The normalized spacial score (nSPS) is 19.4. The van der Waals surface area contributed by atoms with Crippen molar-refractivity contribution in [3.63, 3.8) is 0 Å². The highest BCUT2D eigenvalue weighted by molar-refractivity contribution is 5.67. The minimum absolute atomic E-state index is 0.249. The Morgan fingerprint density at radius 1 is 1.32 bits per heavy atom. The van der Waals surface area contributed by atoms with Crippen LogP contribution in [0.4, 0.5) is 10.6 Å². The van der Waals surface area contributed by atoms with Crippen LogP contribution in [0.2, 0.25) is 0 Å². The van der Waals surface area contributed by atoms with E-state index in [-0.39, 0.29) is 6.09 Å². The SMILES string of the molecule is COC(=O)N1CCN(c2ccnc(C3CC3)n2)CC1. The largest absolute Gasteiger partial charge is 0.453 e. The van der Waals surface area contributed by atoms with Crippen molar-refractivity contribution in [2.45, 2.75) is 18.8 Å². The van der Waals surface area contributed by atoms with Gasteiger partial charge < -0.3 is 14.5 Å². The molecule has 102 valence electrons. The second-order valence-corrected chi connectivity index (χ2v) is 4.99. The van der Waals surface area contributed by atoms with E-state index in [9.17, 15) is 4.79 Å². The monoisotopic (exact) mass is 262 g/mol. The van der Waals surface area contributed by atoms with Crippen molar-refractivity contribution in [1.82, 2.24) is 14.9 Å². The van der Waals surface area contributed by atoms with Crippen LogP contribution < -0.4 is 4.90 Å². The molecule has 0 N–H and O–H groups in total. The lowest BCUT2D eigenvalue weighted by atomic mass is 10.3. The molecule has 1 aliphatic heterocycles. The molecule has 1 saturated carbocycles. The minimum Gasteiger partial charge on any atom is -0.453 e. The Morgan fingerprint density at radius 3 is 2.68 bits per heavy atom. The Kier molecular flexibility index (Phi) is 3.23. The highest BCUT2D eigenvalue weighted by Crippen LogP contribution is 2.38. The van der Waals surface area contributed by atoms with Crippen molar-refractivity contribution in [2.24, 2.45) is 0 Å². The lowest BCUT2D eigenvalue weighted by molar-refractivity contribution is 0.121. The summed E-state index contributed by atoms with van der Waals surface area (Å²) in [7, 11) is 1.42. The second-order valence-electron chi connectivity index (χ2n) is 4.99. The number of carbonyl (C=O) groups excluding carboxylic acids is 1. The first-order chi connectivity index (χ1) is 9.28. The third kappa shape index (κ3) is 2.62. The van der Waals surface area contributed by atoms with Crippen LogP contribution in [0.3, 0.4) is 0 Å². The van der Waals surface area contributed by atoms with Gasteiger partial charge in [-0.05, 0) is 18.9 Å². The zero-order valence-electron chi connectivity index (χ0n) is 11.1. The van der Waals surface area contributed by atoms with Gasteiger partial charge in [-0.15, -0.1) is 0 Å². The number of aromatic nitrogens is 2. The molecule has 0 spiro atoms. The van der Waals surface area contributed by atoms with E-state index in [4.69, 9.17) is 4.74 Å². The topological polar surface area (TPSA) is 58.6 Å². The maximum Gasteiger partial charge on any atom is 0.409 e. The van der Waals surface area contributed by atoms with Crippen molar-refractivity contribution in [1.29, 1.82) is 0 Å². The van der Waals surface area contributed by atoms with Crippen LogP contribution in [0.1, 0.15) is 24.6 Å². The fraction of sp³-hybridized carbons (Fsp3) is 0.615. The molecule has 1 aromatic heterocycles. The van der Waals surface area contributed by atoms with Crippen molar-refractivity contribution in [3.05, 3.63) is 18.1 Å². The molecule has 1 saturated heterocycles. The zero-order valence-corrected chi connectivity index (χ0v) is 11.1. The minimum atomic E-state index is -0.249. The lowest BCUT2D eigenvalue weighted by Gasteiger charge is -2.34. The van der Waals surface area contributed by atoms with Crippen LogP contribution in [-0.4, -0.2) is 54.2 Å². The number of anilines is 1. The number of hydrogen-bond donors (Lipinski definition) is 0. The Hall–Kier alpha value is -1.85. The molecule has 0 unspecified atom stereocenters. The van der Waals surface area contributed by atoms with E-state index in [0.717, 1.165) is 24.7 Å². The van der Waals surface area contributed by atoms with Crippen LogP contribution in [-0.2, 0) is 4.74 Å². The maximum absolute atomic E-state index is 11.4. The molecule has 2 fully saturated rings. The molecule has 2 aliphatic rings. The standard InChI is InChI=1S/C13H18N4O2/c1-19-13(18)17-8-6-16(7-9-17)11-4-5-14-12(15-11)10-2-3-10/h4-5,10H,2-3,6-9H2,1H3. The molecule has 6 nitrogen and oxygen atoms in total. The number of nitrogens with zero attached hydrogens (tertiary/aromatic N) is 4. The van der Waals surface area contributed by atoms with Gasteiger partial charge in [0.05, 0.1) is 7.11 Å². The van der Waals surface area contributed by atoms with Gasteiger partial charge >= 0.3 is 6.09 Å². The summed E-state index contributed by atoms with van der Waals surface area (Å²) in [6.07, 6.45) is 4.00. The fourth-order valence-corrected chi connectivity index (χ4v) is 2.33. The first-order valence-electron chi connectivity index (χ1n) is 6.68. The summed E-state index contributed by atoms with van der Waals surface area (Å²) in [5.74, 6) is 2.51. The van der Waals surface area contributed by atoms with E-state index in [1.165, 1.54) is 20.0 Å². The molecule has 1 aromatic rings. The first kappa shape index (κ1) is 12.2. The molecule has 6 heteroatoms. The van der Waals surface area contributed by atoms with E-state index in [2.05, 4.69) is 14.9 Å². The average molecular weight is 262 g/mol. The van der Waals surface area contributed by atoms with Gasteiger partial charge in [0.15, 0.2) is 0 Å². The highest BCUT2D eigenvalue weighted by atomic mass is 16.5. The maximum atomic E-state index is 11.4. The highest BCUT2D eigenvalue weighted by Gasteiger charge is 2.28. The Bertz CT molecular complexity index is 467. The van der Waals surface area contributed by atoms with Crippen molar-refractivity contribution >= 4 is 11.9 Å². The van der Waals surface area contributed by atoms with Gasteiger partial charge in [0, 0.05) is 38.3 Å². The number of carbonyl (C=O) groups is 1. The van der Waals surface area contributed by atoms with Crippen LogP contribution >= 0.6 is 0 Å². The van der Waals surface area contributed by atoms with E-state index in [1.807, 2.05) is 12.3 Å². The lowest BCUT2D eigenvalue weighted by Crippen LogP contribution is -2.49. The van der Waals surface area contributed by atoms with E-state index in [0.29, 0.717) is 19.0 Å². The van der Waals surface area contributed by atoms with Gasteiger partial charge in [-0.25, -0.2) is 14.8 Å². The molecule has 19 heavy (non-hydrogen) atoms. The van der Waals surface area contributed by atoms with Gasteiger partial charge in [-0.3, -0.25) is 0 Å². The van der Waals surface area contributed by atoms with E-state index >= 15 is 0 Å². The number of ether oxygens (including phenoxy) is 1. The predicted octanol–water partition coefficient (Wildman–Crippen LogP) is 1.24. The van der Waals surface area contributed by atoms with Gasteiger partial charge in [0.1, 0.15) is 11.6 Å². The van der Waals surface area contributed by atoms with Gasteiger partial charge in [-0.1, -0.05) is 0 Å². The molecular weight excluding hydrogens is 244 g/mol. The van der Waals surface area contributed by atoms with Gasteiger partial charge in [0.2, 0.25) is 0 Å². The Balaban J connectivity index is 1.64. The van der Waals surface area contributed by atoms with Crippen molar-refractivity contribution in [2.75, 3.05) is 38.2 Å². The number of amides is 1. The summed E-state index contributed by atoms with van der Waals surface area (Å²) in [5, 5.41) is 0. The van der Waals surface area contributed by atoms with Crippen LogP contribution in [0.25, 0.3) is 0 Å². The average Bonchev–Trinajstić information content (AvgIpc) is 3.31. The van der Waals surface area contributed by atoms with Gasteiger partial charge in [-0.2, -0.15) is 0 Å². The summed E-state index contributed by atoms with van der Waals surface area (Å²) >= 11 is 0. The Morgan fingerprint density at radius 2 is 2.05 bits per heavy atom. The summed E-state index contributed by atoms with van der Waals surface area (Å²) in [4.78, 5) is 24.3. The number of hydrogen-bond acceptors (Lipinski definition) is 5. The second kappa shape index (κ2) is 5.03. The molecule has 2 heterocycles. The number of piperazine rings is 1. The molecule has 0 atom stereocenters. The number of methoxy groups -OCH3 is 1. The van der Waals surface area contributed by atoms with E-state index < -0.39 is 0 Å². The summed E-state index contributed by atoms with van der Waals surface area (Å²) in [5.41, 5.74) is 0. The zero-order chi connectivity index (χ0) is 13.2. The smallest absolute Gasteiger partial charge is 0.409 e. The van der Waals surface area contributed by atoms with Crippen LogP contribution in [0.5, 0.6) is 0 Å². The molecule has 0 aromatic carbocycles. The van der Waals surface area contributed by atoms with E-state index in [1.54, 1.807) is 4.90 Å². The molecule has 1 aliphatic carbocycles. The van der Waals surface area contributed by atoms with Crippen LogP contribution in [0.15, 0.2) is 12.3 Å². The molecule has 3 rings (SSSR count). The van der Waals surface area contributed by atoms with Crippen LogP contribution in [0, 0.1) is 0 Å².